The van der Waals surface area contributed by atoms with Crippen LogP contribution in [0.5, 0.6) is 0 Å². The van der Waals surface area contributed by atoms with Crippen LogP contribution in [0.2, 0.25) is 0 Å². The summed E-state index contributed by atoms with van der Waals surface area (Å²) in [6.07, 6.45) is 1.19. The molecule has 3 aromatic carbocycles. The van der Waals surface area contributed by atoms with Gasteiger partial charge in [-0.05, 0) is 36.0 Å². The van der Waals surface area contributed by atoms with Crippen molar-refractivity contribution in [3.63, 3.8) is 0 Å². The number of carbonyl (C=O) groups excluding carboxylic acids is 2. The first kappa shape index (κ1) is 26.8. The molecular formula is C29H34N2O5S. The maximum atomic E-state index is 13.5. The van der Waals surface area contributed by atoms with Crippen molar-refractivity contribution in [1.82, 2.24) is 5.32 Å². The van der Waals surface area contributed by atoms with Crippen molar-refractivity contribution in [2.75, 3.05) is 17.7 Å². The second-order valence-electron chi connectivity index (χ2n) is 10.7. The number of rotatable bonds is 8. The standard InChI is InChI=1S/C29H34N2O5S/c1-29(2,3)19-37(34,35)26-16-8-12-21-22(26)13-7-14-23(21)30-27(32)24(18-20-10-5-4-6-11-20)31-28(33)25-15-9-17-36-25/h4-8,10-14,16,24-25H,9,15,17-19H2,1-3H3,(H,30,32)(H,31,33)/t24-,25?/m0/s1. The second-order valence-corrected chi connectivity index (χ2v) is 12.7. The highest BCUT2D eigenvalue weighted by atomic mass is 32.2. The van der Waals surface area contributed by atoms with Crippen LogP contribution in [0, 0.1) is 5.41 Å². The number of carbonyl (C=O) groups is 2. The van der Waals surface area contributed by atoms with Gasteiger partial charge in [0.25, 0.3) is 0 Å². The third kappa shape index (κ3) is 6.76. The monoisotopic (exact) mass is 522 g/mol. The largest absolute Gasteiger partial charge is 0.368 e. The Labute approximate surface area is 218 Å². The highest BCUT2D eigenvalue weighted by molar-refractivity contribution is 7.91. The molecule has 4 rings (SSSR count). The van der Waals surface area contributed by atoms with Gasteiger partial charge in [-0.15, -0.1) is 0 Å². The van der Waals surface area contributed by atoms with Gasteiger partial charge < -0.3 is 15.4 Å². The number of benzene rings is 3. The summed E-state index contributed by atoms with van der Waals surface area (Å²) in [5.74, 6) is -0.683. The minimum Gasteiger partial charge on any atom is -0.368 e. The quantitative estimate of drug-likeness (QED) is 0.454. The van der Waals surface area contributed by atoms with Gasteiger partial charge in [0.15, 0.2) is 9.84 Å². The Morgan fingerprint density at radius 3 is 2.35 bits per heavy atom. The Kier molecular flexibility index (Phi) is 7.99. The van der Waals surface area contributed by atoms with E-state index >= 15 is 0 Å². The fourth-order valence-corrected chi connectivity index (χ4v) is 6.73. The maximum Gasteiger partial charge on any atom is 0.249 e. The van der Waals surface area contributed by atoms with Crippen molar-refractivity contribution in [3.8, 4) is 0 Å². The van der Waals surface area contributed by atoms with Gasteiger partial charge in [0, 0.05) is 29.5 Å². The van der Waals surface area contributed by atoms with Gasteiger partial charge >= 0.3 is 0 Å². The molecule has 1 unspecified atom stereocenters. The zero-order valence-electron chi connectivity index (χ0n) is 21.5. The fourth-order valence-electron chi connectivity index (χ4n) is 4.64. The van der Waals surface area contributed by atoms with Crippen molar-refractivity contribution in [3.05, 3.63) is 72.3 Å². The Morgan fingerprint density at radius 1 is 0.973 bits per heavy atom. The second kappa shape index (κ2) is 11.0. The number of sulfone groups is 1. The normalized spacial score (nSPS) is 16.9. The molecule has 2 amide bonds. The van der Waals surface area contributed by atoms with E-state index in [0.717, 1.165) is 12.0 Å². The van der Waals surface area contributed by atoms with Gasteiger partial charge in [-0.2, -0.15) is 0 Å². The number of ether oxygens (including phenoxy) is 1. The van der Waals surface area contributed by atoms with E-state index in [1.54, 1.807) is 36.4 Å². The molecule has 0 spiro atoms. The summed E-state index contributed by atoms with van der Waals surface area (Å²) in [5, 5.41) is 6.97. The lowest BCUT2D eigenvalue weighted by atomic mass is 10.0. The molecule has 1 aliphatic heterocycles. The summed E-state index contributed by atoms with van der Waals surface area (Å²) < 4.78 is 31.9. The summed E-state index contributed by atoms with van der Waals surface area (Å²) in [6.45, 7) is 6.20. The Bertz CT molecular complexity index is 1370. The number of nitrogens with one attached hydrogen (secondary N) is 2. The predicted molar refractivity (Wildman–Crippen MR) is 145 cm³/mol. The zero-order valence-corrected chi connectivity index (χ0v) is 22.3. The van der Waals surface area contributed by atoms with E-state index in [1.165, 1.54) is 0 Å². The maximum absolute atomic E-state index is 13.5. The minimum atomic E-state index is -3.56. The molecule has 1 aliphatic rings. The van der Waals surface area contributed by atoms with Gasteiger partial charge in [-0.3, -0.25) is 9.59 Å². The first-order valence-corrected chi connectivity index (χ1v) is 14.2. The van der Waals surface area contributed by atoms with Crippen LogP contribution in [0.1, 0.15) is 39.2 Å². The van der Waals surface area contributed by atoms with Crippen LogP contribution < -0.4 is 10.6 Å². The van der Waals surface area contributed by atoms with E-state index in [1.807, 2.05) is 51.1 Å². The molecule has 3 aromatic rings. The van der Waals surface area contributed by atoms with Crippen LogP contribution in [0.25, 0.3) is 10.8 Å². The van der Waals surface area contributed by atoms with Crippen molar-refractivity contribution < 1.29 is 22.7 Å². The molecule has 196 valence electrons. The summed E-state index contributed by atoms with van der Waals surface area (Å²) in [4.78, 5) is 26.5. The van der Waals surface area contributed by atoms with E-state index in [4.69, 9.17) is 4.74 Å². The first-order chi connectivity index (χ1) is 17.5. The number of hydrogen-bond acceptors (Lipinski definition) is 5. The van der Waals surface area contributed by atoms with Crippen LogP contribution in [0.4, 0.5) is 5.69 Å². The Balaban J connectivity index is 1.63. The predicted octanol–water partition coefficient (Wildman–Crippen LogP) is 4.50. The molecule has 0 aliphatic carbocycles. The summed E-state index contributed by atoms with van der Waals surface area (Å²) in [7, 11) is -3.56. The van der Waals surface area contributed by atoms with Crippen molar-refractivity contribution >= 4 is 38.1 Å². The lowest BCUT2D eigenvalue weighted by Crippen LogP contribution is -2.48. The number of hydrogen-bond donors (Lipinski definition) is 2. The van der Waals surface area contributed by atoms with Crippen molar-refractivity contribution in [1.29, 1.82) is 0 Å². The van der Waals surface area contributed by atoms with Crippen LogP contribution in [0.15, 0.2) is 71.6 Å². The lowest BCUT2D eigenvalue weighted by molar-refractivity contribution is -0.133. The van der Waals surface area contributed by atoms with Gasteiger partial charge in [0.05, 0.1) is 10.6 Å². The van der Waals surface area contributed by atoms with Gasteiger partial charge in [0.1, 0.15) is 12.1 Å². The summed E-state index contributed by atoms with van der Waals surface area (Å²) in [5.41, 5.74) is 0.988. The third-order valence-electron chi connectivity index (χ3n) is 6.24. The first-order valence-electron chi connectivity index (χ1n) is 12.5. The number of fused-ring (bicyclic) bond motifs is 1. The number of anilines is 1. The van der Waals surface area contributed by atoms with Crippen LogP contribution in [-0.4, -0.2) is 44.7 Å². The molecule has 7 nitrogen and oxygen atoms in total. The highest BCUT2D eigenvalue weighted by Crippen LogP contribution is 2.31. The SMILES string of the molecule is CC(C)(C)CS(=O)(=O)c1cccc2c(NC(=O)[C@H](Cc3ccccc3)NC(=O)C3CCCO3)cccc12. The molecule has 1 fully saturated rings. The molecule has 0 radical (unpaired) electrons. The third-order valence-corrected chi connectivity index (χ3v) is 8.51. The summed E-state index contributed by atoms with van der Waals surface area (Å²) >= 11 is 0. The topological polar surface area (TPSA) is 102 Å². The van der Waals surface area contributed by atoms with Crippen LogP contribution in [0.3, 0.4) is 0 Å². The minimum absolute atomic E-state index is 0.00409. The molecule has 2 atom stereocenters. The average molecular weight is 523 g/mol. The fraction of sp³-hybridized carbons (Fsp3) is 0.379. The van der Waals surface area contributed by atoms with Crippen molar-refractivity contribution in [2.24, 2.45) is 5.41 Å². The number of amides is 2. The van der Waals surface area contributed by atoms with E-state index in [9.17, 15) is 18.0 Å². The average Bonchev–Trinajstić information content (AvgIpc) is 3.38. The molecule has 0 bridgehead atoms. The van der Waals surface area contributed by atoms with Gasteiger partial charge in [-0.1, -0.05) is 75.4 Å². The molecule has 37 heavy (non-hydrogen) atoms. The Hall–Kier alpha value is -3.23. The van der Waals surface area contributed by atoms with Crippen LogP contribution in [-0.2, 0) is 30.6 Å². The Morgan fingerprint density at radius 2 is 1.68 bits per heavy atom. The molecular weight excluding hydrogens is 488 g/mol. The van der Waals surface area contributed by atoms with Gasteiger partial charge in [-0.25, -0.2) is 8.42 Å². The van der Waals surface area contributed by atoms with Crippen molar-refractivity contribution in [2.45, 2.75) is 57.1 Å². The highest BCUT2D eigenvalue weighted by Gasteiger charge is 2.29. The summed E-state index contributed by atoms with van der Waals surface area (Å²) in [6, 6.07) is 18.9. The van der Waals surface area contributed by atoms with E-state index in [2.05, 4.69) is 10.6 Å². The lowest BCUT2D eigenvalue weighted by Gasteiger charge is -2.22. The molecule has 2 N–H and O–H groups in total. The zero-order chi connectivity index (χ0) is 26.6. The van der Waals surface area contributed by atoms with E-state index < -0.39 is 27.4 Å². The van der Waals surface area contributed by atoms with Crippen LogP contribution >= 0.6 is 0 Å². The molecule has 1 saturated heterocycles. The smallest absolute Gasteiger partial charge is 0.249 e. The molecule has 1 heterocycles. The van der Waals surface area contributed by atoms with Gasteiger partial charge in [0.2, 0.25) is 11.8 Å². The molecule has 0 saturated carbocycles. The molecule has 0 aromatic heterocycles. The molecule has 8 heteroatoms. The van der Waals surface area contributed by atoms with E-state index in [-0.39, 0.29) is 22.5 Å². The van der Waals surface area contributed by atoms with E-state index in [0.29, 0.717) is 35.9 Å².